The summed E-state index contributed by atoms with van der Waals surface area (Å²) >= 11 is 3.55. The molecular formula is C16H25IN4OS2. The fourth-order valence-electron chi connectivity index (χ4n) is 1.99. The van der Waals surface area contributed by atoms with Gasteiger partial charge in [0.2, 0.25) is 0 Å². The third-order valence-corrected chi connectivity index (χ3v) is 4.67. The maximum atomic E-state index is 5.34. The highest BCUT2D eigenvalue weighted by Crippen LogP contribution is 2.10. The molecule has 0 fully saturated rings. The Labute approximate surface area is 169 Å². The summed E-state index contributed by atoms with van der Waals surface area (Å²) in [6.45, 7) is 4.53. The molecule has 0 amide bonds. The van der Waals surface area contributed by atoms with Crippen molar-refractivity contribution in [2.45, 2.75) is 19.8 Å². The molecule has 8 heteroatoms. The van der Waals surface area contributed by atoms with E-state index in [1.807, 2.05) is 18.3 Å². The van der Waals surface area contributed by atoms with Crippen molar-refractivity contribution < 1.29 is 4.42 Å². The minimum Gasteiger partial charge on any atom is -0.469 e. The standard InChI is InChI=1S/C16H24N4OS2.HI/c1-13-12-20-15(23-13)6-8-18-16(19-9-11-22-2)17-7-5-14-4-3-10-21-14;/h3-4,10,12H,5-9,11H2,1-2H3,(H2,17,18,19);1H. The highest BCUT2D eigenvalue weighted by atomic mass is 127. The van der Waals surface area contributed by atoms with Gasteiger partial charge in [0, 0.05) is 42.8 Å². The van der Waals surface area contributed by atoms with E-state index in [0.29, 0.717) is 0 Å². The Bertz CT molecular complexity index is 587. The Morgan fingerprint density at radius 1 is 1.33 bits per heavy atom. The lowest BCUT2D eigenvalue weighted by molar-refractivity contribution is 0.507. The van der Waals surface area contributed by atoms with E-state index in [-0.39, 0.29) is 24.0 Å². The lowest BCUT2D eigenvalue weighted by atomic mass is 10.3. The van der Waals surface area contributed by atoms with Crippen LogP contribution in [0.1, 0.15) is 15.6 Å². The number of hydrogen-bond acceptors (Lipinski definition) is 5. The van der Waals surface area contributed by atoms with Gasteiger partial charge in [0.1, 0.15) is 5.76 Å². The minimum absolute atomic E-state index is 0. The normalized spacial score (nSPS) is 11.2. The molecule has 0 bridgehead atoms. The minimum atomic E-state index is 0. The molecule has 134 valence electrons. The van der Waals surface area contributed by atoms with Crippen molar-refractivity contribution in [2.75, 3.05) is 31.6 Å². The van der Waals surface area contributed by atoms with Crippen LogP contribution in [0, 0.1) is 6.92 Å². The molecule has 0 aliphatic rings. The van der Waals surface area contributed by atoms with E-state index in [1.54, 1.807) is 29.4 Å². The van der Waals surface area contributed by atoms with Crippen LogP contribution in [-0.2, 0) is 12.8 Å². The first-order valence-corrected chi connectivity index (χ1v) is 9.94. The van der Waals surface area contributed by atoms with Gasteiger partial charge in [-0.3, -0.25) is 4.99 Å². The van der Waals surface area contributed by atoms with Crippen molar-refractivity contribution in [1.29, 1.82) is 0 Å². The smallest absolute Gasteiger partial charge is 0.191 e. The van der Waals surface area contributed by atoms with Gasteiger partial charge in [-0.1, -0.05) is 0 Å². The maximum absolute atomic E-state index is 5.34. The fourth-order valence-corrected chi connectivity index (χ4v) is 3.05. The summed E-state index contributed by atoms with van der Waals surface area (Å²) in [5, 5.41) is 7.90. The van der Waals surface area contributed by atoms with Gasteiger partial charge in [-0.05, 0) is 25.3 Å². The number of thiazole rings is 1. The monoisotopic (exact) mass is 480 g/mol. The molecule has 0 saturated heterocycles. The summed E-state index contributed by atoms with van der Waals surface area (Å²) in [5.74, 6) is 2.87. The molecule has 24 heavy (non-hydrogen) atoms. The van der Waals surface area contributed by atoms with Gasteiger partial charge in [0.05, 0.1) is 17.8 Å². The van der Waals surface area contributed by atoms with Crippen LogP contribution < -0.4 is 10.6 Å². The molecule has 2 N–H and O–H groups in total. The van der Waals surface area contributed by atoms with E-state index in [1.165, 1.54) is 4.88 Å². The largest absolute Gasteiger partial charge is 0.469 e. The molecular weight excluding hydrogens is 455 g/mol. The number of aromatic nitrogens is 1. The van der Waals surface area contributed by atoms with Crippen LogP contribution in [0.5, 0.6) is 0 Å². The van der Waals surface area contributed by atoms with Gasteiger partial charge >= 0.3 is 0 Å². The Hall–Kier alpha value is -0.740. The van der Waals surface area contributed by atoms with E-state index in [4.69, 9.17) is 4.42 Å². The SMILES string of the molecule is CSCCN=C(NCCc1ccco1)NCCc1ncc(C)s1.I. The second-order valence-electron chi connectivity index (χ2n) is 5.02. The van der Waals surface area contributed by atoms with Crippen LogP contribution >= 0.6 is 47.1 Å². The number of thioether (sulfide) groups is 1. The maximum Gasteiger partial charge on any atom is 0.191 e. The Morgan fingerprint density at radius 3 is 2.75 bits per heavy atom. The summed E-state index contributed by atoms with van der Waals surface area (Å²) in [5.41, 5.74) is 0. The number of aliphatic imine (C=N–C) groups is 1. The number of furan rings is 1. The van der Waals surface area contributed by atoms with Crippen molar-refractivity contribution in [3.8, 4) is 0 Å². The molecule has 0 saturated carbocycles. The number of nitrogens with zero attached hydrogens (tertiary/aromatic N) is 2. The third-order valence-electron chi connectivity index (χ3n) is 3.11. The average molecular weight is 480 g/mol. The van der Waals surface area contributed by atoms with Crippen LogP contribution in [0.4, 0.5) is 0 Å². The zero-order valence-electron chi connectivity index (χ0n) is 14.1. The van der Waals surface area contributed by atoms with E-state index < -0.39 is 0 Å². The number of nitrogens with one attached hydrogen (secondary N) is 2. The quantitative estimate of drug-likeness (QED) is 0.250. The van der Waals surface area contributed by atoms with Crippen molar-refractivity contribution in [3.63, 3.8) is 0 Å². The van der Waals surface area contributed by atoms with Gasteiger partial charge in [0.15, 0.2) is 5.96 Å². The van der Waals surface area contributed by atoms with Gasteiger partial charge in [0.25, 0.3) is 0 Å². The van der Waals surface area contributed by atoms with Crippen molar-refractivity contribution in [3.05, 3.63) is 40.2 Å². The Morgan fingerprint density at radius 2 is 2.12 bits per heavy atom. The number of rotatable bonds is 9. The summed E-state index contributed by atoms with van der Waals surface area (Å²) in [6, 6.07) is 3.90. The van der Waals surface area contributed by atoms with Crippen molar-refractivity contribution in [2.24, 2.45) is 4.99 Å². The number of hydrogen-bond donors (Lipinski definition) is 2. The molecule has 2 heterocycles. The van der Waals surface area contributed by atoms with Crippen molar-refractivity contribution in [1.82, 2.24) is 15.6 Å². The molecule has 0 aliphatic heterocycles. The first-order valence-electron chi connectivity index (χ1n) is 7.72. The Kier molecular flexibility index (Phi) is 11.2. The van der Waals surface area contributed by atoms with Crippen LogP contribution in [0.2, 0.25) is 0 Å². The molecule has 0 spiro atoms. The predicted octanol–water partition coefficient (Wildman–Crippen LogP) is 3.35. The van der Waals surface area contributed by atoms with E-state index >= 15 is 0 Å². The summed E-state index contributed by atoms with van der Waals surface area (Å²) in [4.78, 5) is 10.2. The lowest BCUT2D eigenvalue weighted by Crippen LogP contribution is -2.39. The third kappa shape index (κ3) is 8.39. The molecule has 0 aromatic carbocycles. The number of guanidine groups is 1. The molecule has 0 radical (unpaired) electrons. The lowest BCUT2D eigenvalue weighted by Gasteiger charge is -2.11. The fraction of sp³-hybridized carbons (Fsp3) is 0.500. The zero-order chi connectivity index (χ0) is 16.3. The average Bonchev–Trinajstić information content (AvgIpc) is 3.19. The molecule has 2 rings (SSSR count). The molecule has 5 nitrogen and oxygen atoms in total. The summed E-state index contributed by atoms with van der Waals surface area (Å²) < 4.78 is 5.34. The van der Waals surface area contributed by atoms with Gasteiger partial charge < -0.3 is 15.1 Å². The second-order valence-corrected chi connectivity index (χ2v) is 7.33. The molecule has 0 unspecified atom stereocenters. The zero-order valence-corrected chi connectivity index (χ0v) is 18.0. The van der Waals surface area contributed by atoms with Crippen LogP contribution in [0.15, 0.2) is 34.0 Å². The van der Waals surface area contributed by atoms with Gasteiger partial charge in [-0.15, -0.1) is 35.3 Å². The van der Waals surface area contributed by atoms with Crippen LogP contribution in [-0.4, -0.2) is 42.6 Å². The van der Waals surface area contributed by atoms with Crippen LogP contribution in [0.25, 0.3) is 0 Å². The Balaban J connectivity index is 0.00000288. The second kappa shape index (κ2) is 12.6. The molecule has 0 atom stereocenters. The van der Waals surface area contributed by atoms with Crippen LogP contribution in [0.3, 0.4) is 0 Å². The molecule has 0 aliphatic carbocycles. The molecule has 2 aromatic heterocycles. The topological polar surface area (TPSA) is 62.5 Å². The van der Waals surface area contributed by atoms with E-state index in [2.05, 4.69) is 33.8 Å². The highest BCUT2D eigenvalue weighted by Gasteiger charge is 2.02. The first-order chi connectivity index (χ1) is 11.3. The van der Waals surface area contributed by atoms with E-state index in [9.17, 15) is 0 Å². The predicted molar refractivity (Wildman–Crippen MR) is 115 cm³/mol. The van der Waals surface area contributed by atoms with Gasteiger partial charge in [-0.2, -0.15) is 11.8 Å². The number of aryl methyl sites for hydroxylation is 1. The molecule has 2 aromatic rings. The summed E-state index contributed by atoms with van der Waals surface area (Å²) in [7, 11) is 0. The van der Waals surface area contributed by atoms with Gasteiger partial charge in [-0.25, -0.2) is 4.98 Å². The van der Waals surface area contributed by atoms with Crippen molar-refractivity contribution >= 4 is 53.0 Å². The first kappa shape index (κ1) is 21.3. The van der Waals surface area contributed by atoms with E-state index in [0.717, 1.165) is 55.0 Å². The highest BCUT2D eigenvalue weighted by molar-refractivity contribution is 14.0. The summed E-state index contributed by atoms with van der Waals surface area (Å²) in [6.07, 6.45) is 7.49. The number of halogens is 1.